The molecule has 4 rings (SSSR count). The minimum atomic E-state index is 0.692. The smallest absolute Gasteiger partial charge is 0.0486 e. The van der Waals surface area contributed by atoms with Crippen LogP contribution in [0.2, 0.25) is 0 Å². The van der Waals surface area contributed by atoms with Crippen LogP contribution in [0.4, 0.5) is 0 Å². The van der Waals surface area contributed by atoms with Gasteiger partial charge in [0.2, 0.25) is 0 Å². The average molecular weight is 290 g/mol. The second-order valence-electron chi connectivity index (χ2n) is 6.59. The summed E-state index contributed by atoms with van der Waals surface area (Å²) in [6.07, 6.45) is 3.66. The maximum absolute atomic E-state index is 2.41. The van der Waals surface area contributed by atoms with Gasteiger partial charge in [-0.3, -0.25) is 0 Å². The zero-order valence-electron chi connectivity index (χ0n) is 13.2. The molecule has 1 heterocycles. The fourth-order valence-electron chi connectivity index (χ4n) is 3.57. The third-order valence-corrected chi connectivity index (χ3v) is 4.83. The van der Waals surface area contributed by atoms with Crippen molar-refractivity contribution < 1.29 is 0 Å². The third kappa shape index (κ3) is 2.34. The highest BCUT2D eigenvalue weighted by Gasteiger charge is 2.41. The Kier molecular flexibility index (Phi) is 3.27. The van der Waals surface area contributed by atoms with E-state index in [0.29, 0.717) is 12.0 Å². The van der Waals surface area contributed by atoms with E-state index in [-0.39, 0.29) is 0 Å². The van der Waals surface area contributed by atoms with Gasteiger partial charge in [-0.25, -0.2) is 0 Å². The molecule has 0 radical (unpaired) electrons. The average Bonchev–Trinajstić information content (AvgIpc) is 3.26. The van der Waals surface area contributed by atoms with Gasteiger partial charge in [-0.1, -0.05) is 48.5 Å². The normalized spacial score (nSPS) is 20.7. The van der Waals surface area contributed by atoms with Crippen LogP contribution in [0.25, 0.3) is 10.9 Å². The maximum Gasteiger partial charge on any atom is 0.0486 e. The molecule has 1 fully saturated rings. The summed E-state index contributed by atoms with van der Waals surface area (Å²) in [5.74, 6) is 0.692. The van der Waals surface area contributed by atoms with Crippen LogP contribution in [-0.2, 0) is 6.54 Å². The lowest BCUT2D eigenvalue weighted by Crippen LogP contribution is -2.15. The minimum Gasteiger partial charge on any atom is -0.343 e. The summed E-state index contributed by atoms with van der Waals surface area (Å²) < 4.78 is 2.41. The number of hydrogen-bond donors (Lipinski definition) is 0. The third-order valence-electron chi connectivity index (χ3n) is 4.83. The predicted octanol–water partition coefficient (Wildman–Crippen LogP) is 4.11. The summed E-state index contributed by atoms with van der Waals surface area (Å²) in [5, 5.41) is 1.42. The summed E-state index contributed by atoms with van der Waals surface area (Å²) in [6, 6.07) is 20.2. The van der Waals surface area contributed by atoms with Crippen LogP contribution in [0, 0.1) is 0 Å². The lowest BCUT2D eigenvalue weighted by atomic mass is 10.1. The van der Waals surface area contributed by atoms with Crippen molar-refractivity contribution in [1.82, 2.24) is 9.47 Å². The molecule has 2 aromatic carbocycles. The standard InChI is InChI=1S/C20H22N2/c1-21(2)20-12-17(20)18-14-22(13-15-8-4-3-5-9-15)19-11-7-6-10-16(18)19/h3-11,14,17,20H,12-13H2,1-2H3/t17-,20+/m0/s1. The van der Waals surface area contributed by atoms with E-state index in [1.54, 1.807) is 0 Å². The number of hydrogen-bond acceptors (Lipinski definition) is 1. The van der Waals surface area contributed by atoms with Crippen molar-refractivity contribution in [1.29, 1.82) is 0 Å². The molecule has 1 aliphatic carbocycles. The molecule has 2 heteroatoms. The molecule has 1 aromatic heterocycles. The molecule has 3 aromatic rings. The highest BCUT2D eigenvalue weighted by Crippen LogP contribution is 2.46. The first-order valence-electron chi connectivity index (χ1n) is 8.02. The molecule has 0 spiro atoms. The van der Waals surface area contributed by atoms with E-state index in [0.717, 1.165) is 6.54 Å². The molecule has 22 heavy (non-hydrogen) atoms. The summed E-state index contributed by atoms with van der Waals surface area (Å²) in [5.41, 5.74) is 4.23. The Hall–Kier alpha value is -2.06. The van der Waals surface area contributed by atoms with Crippen LogP contribution in [0.1, 0.15) is 23.5 Å². The van der Waals surface area contributed by atoms with Crippen LogP contribution in [0.3, 0.4) is 0 Å². The molecule has 0 saturated heterocycles. The molecule has 2 atom stereocenters. The highest BCUT2D eigenvalue weighted by atomic mass is 15.1. The van der Waals surface area contributed by atoms with Crippen molar-refractivity contribution in [2.75, 3.05) is 14.1 Å². The van der Waals surface area contributed by atoms with E-state index < -0.39 is 0 Å². The van der Waals surface area contributed by atoms with Crippen LogP contribution >= 0.6 is 0 Å². The van der Waals surface area contributed by atoms with Gasteiger partial charge in [0.25, 0.3) is 0 Å². The van der Waals surface area contributed by atoms with E-state index in [9.17, 15) is 0 Å². The van der Waals surface area contributed by atoms with Gasteiger partial charge in [0.15, 0.2) is 0 Å². The van der Waals surface area contributed by atoms with E-state index in [2.05, 4.69) is 84.4 Å². The SMILES string of the molecule is CN(C)[C@@H]1C[C@H]1c1cn(Cc2ccccc2)c2ccccc12. The first-order valence-corrected chi connectivity index (χ1v) is 8.02. The first kappa shape index (κ1) is 13.6. The largest absolute Gasteiger partial charge is 0.343 e. The first-order chi connectivity index (χ1) is 10.7. The van der Waals surface area contributed by atoms with Gasteiger partial charge < -0.3 is 9.47 Å². The van der Waals surface area contributed by atoms with Gasteiger partial charge in [-0.05, 0) is 37.7 Å². The van der Waals surface area contributed by atoms with Gasteiger partial charge in [0.05, 0.1) is 0 Å². The molecule has 0 N–H and O–H groups in total. The summed E-state index contributed by atoms with van der Waals surface area (Å²) in [7, 11) is 4.38. The second-order valence-corrected chi connectivity index (χ2v) is 6.59. The molecular weight excluding hydrogens is 268 g/mol. The van der Waals surface area contributed by atoms with Gasteiger partial charge in [0, 0.05) is 35.6 Å². The number of benzene rings is 2. The van der Waals surface area contributed by atoms with Gasteiger partial charge in [-0.15, -0.1) is 0 Å². The van der Waals surface area contributed by atoms with Crippen molar-refractivity contribution in [3.05, 3.63) is 71.9 Å². The van der Waals surface area contributed by atoms with E-state index in [1.807, 2.05) is 0 Å². The predicted molar refractivity (Wildman–Crippen MR) is 92.3 cm³/mol. The second kappa shape index (κ2) is 5.29. The minimum absolute atomic E-state index is 0.692. The van der Waals surface area contributed by atoms with Crippen LogP contribution in [0.5, 0.6) is 0 Å². The van der Waals surface area contributed by atoms with Crippen molar-refractivity contribution >= 4 is 10.9 Å². The fraction of sp³-hybridized carbons (Fsp3) is 0.300. The molecular formula is C20H22N2. The van der Waals surface area contributed by atoms with Crippen molar-refractivity contribution in [3.63, 3.8) is 0 Å². The molecule has 0 unspecified atom stereocenters. The maximum atomic E-state index is 2.41. The van der Waals surface area contributed by atoms with Gasteiger partial charge in [0.1, 0.15) is 0 Å². The monoisotopic (exact) mass is 290 g/mol. The Bertz CT molecular complexity index is 786. The number of para-hydroxylation sites is 1. The lowest BCUT2D eigenvalue weighted by Gasteiger charge is -2.07. The zero-order valence-corrected chi connectivity index (χ0v) is 13.2. The van der Waals surface area contributed by atoms with E-state index >= 15 is 0 Å². The van der Waals surface area contributed by atoms with Crippen molar-refractivity contribution in [3.8, 4) is 0 Å². The van der Waals surface area contributed by atoms with Crippen molar-refractivity contribution in [2.45, 2.75) is 24.9 Å². The van der Waals surface area contributed by atoms with Crippen LogP contribution < -0.4 is 0 Å². The van der Waals surface area contributed by atoms with E-state index in [4.69, 9.17) is 0 Å². The van der Waals surface area contributed by atoms with Gasteiger partial charge in [-0.2, -0.15) is 0 Å². The number of fused-ring (bicyclic) bond motifs is 1. The molecule has 0 bridgehead atoms. The number of likely N-dealkylation sites (N-methyl/N-ethyl adjacent to an activating group) is 1. The zero-order chi connectivity index (χ0) is 15.1. The Balaban J connectivity index is 1.73. The van der Waals surface area contributed by atoms with Gasteiger partial charge >= 0.3 is 0 Å². The number of nitrogens with zero attached hydrogens (tertiary/aromatic N) is 2. The topological polar surface area (TPSA) is 8.17 Å². The summed E-state index contributed by atoms with van der Waals surface area (Å²) in [4.78, 5) is 2.36. The molecule has 0 aliphatic heterocycles. The molecule has 1 aliphatic rings. The molecule has 112 valence electrons. The lowest BCUT2D eigenvalue weighted by molar-refractivity contribution is 0.391. The van der Waals surface area contributed by atoms with E-state index in [1.165, 1.54) is 28.5 Å². The fourth-order valence-corrected chi connectivity index (χ4v) is 3.57. The number of rotatable bonds is 4. The quantitative estimate of drug-likeness (QED) is 0.702. The number of aromatic nitrogens is 1. The Morgan fingerprint density at radius 3 is 2.45 bits per heavy atom. The molecule has 1 saturated carbocycles. The van der Waals surface area contributed by atoms with Crippen LogP contribution in [-0.4, -0.2) is 29.6 Å². The van der Waals surface area contributed by atoms with Crippen molar-refractivity contribution in [2.24, 2.45) is 0 Å². The summed E-state index contributed by atoms with van der Waals surface area (Å²) >= 11 is 0. The Labute approximate surface area is 132 Å². The van der Waals surface area contributed by atoms with Crippen LogP contribution in [0.15, 0.2) is 60.8 Å². The Morgan fingerprint density at radius 2 is 1.73 bits per heavy atom. The Morgan fingerprint density at radius 1 is 1.00 bits per heavy atom. The molecule has 0 amide bonds. The molecule has 2 nitrogen and oxygen atoms in total. The summed E-state index contributed by atoms with van der Waals surface area (Å²) in [6.45, 7) is 0.945. The highest BCUT2D eigenvalue weighted by molar-refractivity contribution is 5.85.